The minimum atomic E-state index is -0.761. The third kappa shape index (κ3) is 7.43. The van der Waals surface area contributed by atoms with Gasteiger partial charge in [-0.2, -0.15) is 0 Å². The number of hydrogen-bond donors (Lipinski definition) is 2. The second kappa shape index (κ2) is 11.6. The van der Waals surface area contributed by atoms with Gasteiger partial charge in [-0.1, -0.05) is 44.2 Å². The molecule has 0 saturated carbocycles. The summed E-state index contributed by atoms with van der Waals surface area (Å²) in [5.74, 6) is -1.32. The van der Waals surface area contributed by atoms with Crippen molar-refractivity contribution in [2.24, 2.45) is 10.9 Å². The summed E-state index contributed by atoms with van der Waals surface area (Å²) in [6.45, 7) is 14.5. The van der Waals surface area contributed by atoms with Gasteiger partial charge in [0, 0.05) is 5.56 Å². The number of hydrogen-bond acceptors (Lipinski definition) is 5. The summed E-state index contributed by atoms with van der Waals surface area (Å²) in [6, 6.07) is 12.4. The van der Waals surface area contributed by atoms with E-state index in [9.17, 15) is 18.8 Å². The van der Waals surface area contributed by atoms with Crippen molar-refractivity contribution in [1.29, 1.82) is 0 Å². The fourth-order valence-corrected chi connectivity index (χ4v) is 4.30. The highest BCUT2D eigenvalue weighted by Crippen LogP contribution is 2.34. The van der Waals surface area contributed by atoms with Crippen molar-refractivity contribution in [1.82, 2.24) is 15.5 Å². The van der Waals surface area contributed by atoms with Crippen molar-refractivity contribution in [2.75, 3.05) is 0 Å². The Hall–Kier alpha value is -3.75. The van der Waals surface area contributed by atoms with Crippen LogP contribution in [0.5, 0.6) is 0 Å². The molecule has 1 aliphatic heterocycles. The molecule has 0 unspecified atom stereocenters. The lowest BCUT2D eigenvalue weighted by molar-refractivity contribution is -0.131. The molecule has 8 nitrogen and oxygen atoms in total. The zero-order valence-electron chi connectivity index (χ0n) is 24.0. The largest absolute Gasteiger partial charge is 0.444 e. The number of nitrogens with one attached hydrogen (secondary N) is 2. The molecule has 0 aliphatic carbocycles. The van der Waals surface area contributed by atoms with E-state index in [4.69, 9.17) is 9.73 Å². The first-order valence-corrected chi connectivity index (χ1v) is 13.2. The standard InChI is InChI=1S/C30H39FN4O4/c1-18(2)30(8)17-25(36)35(27(34-30)33-28(38)39-29(5,6)7)20(4)22-14-23(16-24(31)15-22)26(37)32-19(3)21-12-10-9-11-13-21/h9-16,18-20H,17H2,1-8H3,(H,32,37)(H,33,34,38)/t19-,20+,30-/m0/s1. The number of halogens is 1. The number of alkyl carbamates (subject to hydrolysis) is 1. The minimum Gasteiger partial charge on any atom is -0.444 e. The van der Waals surface area contributed by atoms with Gasteiger partial charge in [0.05, 0.1) is 24.0 Å². The Balaban J connectivity index is 1.93. The van der Waals surface area contributed by atoms with E-state index in [1.54, 1.807) is 33.8 Å². The van der Waals surface area contributed by atoms with Crippen LogP contribution in [-0.4, -0.2) is 39.9 Å². The Labute approximate surface area is 230 Å². The van der Waals surface area contributed by atoms with Crippen molar-refractivity contribution < 1.29 is 23.5 Å². The average molecular weight is 539 g/mol. The van der Waals surface area contributed by atoms with Gasteiger partial charge in [-0.05, 0) is 76.8 Å². The summed E-state index contributed by atoms with van der Waals surface area (Å²) >= 11 is 0. The topological polar surface area (TPSA) is 100 Å². The van der Waals surface area contributed by atoms with Gasteiger partial charge in [0.15, 0.2) is 0 Å². The molecule has 1 aliphatic rings. The molecule has 3 amide bonds. The quantitative estimate of drug-likeness (QED) is 0.478. The maximum absolute atomic E-state index is 14.8. The highest BCUT2D eigenvalue weighted by atomic mass is 19.1. The zero-order chi connectivity index (χ0) is 29.1. The third-order valence-corrected chi connectivity index (χ3v) is 6.92. The lowest BCUT2D eigenvalue weighted by atomic mass is 9.84. The number of ether oxygens (including phenoxy) is 1. The van der Waals surface area contributed by atoms with E-state index in [1.807, 2.05) is 58.0 Å². The SMILES string of the molecule is CC(C)[C@]1(C)CC(=O)N([C@H](C)c2cc(F)cc(C(=O)N[C@@H](C)c3ccccc3)c2)C(NC(=O)OC(C)(C)C)=N1. The van der Waals surface area contributed by atoms with Crippen LogP contribution < -0.4 is 10.6 Å². The molecule has 0 saturated heterocycles. The molecule has 210 valence electrons. The van der Waals surface area contributed by atoms with Crippen LogP contribution in [0.4, 0.5) is 9.18 Å². The molecule has 39 heavy (non-hydrogen) atoms. The molecule has 2 aromatic rings. The fourth-order valence-electron chi connectivity index (χ4n) is 4.30. The first kappa shape index (κ1) is 29.8. The molecule has 0 fully saturated rings. The molecular weight excluding hydrogens is 499 g/mol. The van der Waals surface area contributed by atoms with E-state index < -0.39 is 35.0 Å². The van der Waals surface area contributed by atoms with E-state index in [0.29, 0.717) is 5.56 Å². The van der Waals surface area contributed by atoms with Crippen molar-refractivity contribution in [3.8, 4) is 0 Å². The van der Waals surface area contributed by atoms with Crippen LogP contribution in [0.25, 0.3) is 0 Å². The smallest absolute Gasteiger partial charge is 0.414 e. The van der Waals surface area contributed by atoms with E-state index in [1.165, 1.54) is 11.0 Å². The van der Waals surface area contributed by atoms with Gasteiger partial charge in [-0.15, -0.1) is 0 Å². The van der Waals surface area contributed by atoms with Gasteiger partial charge < -0.3 is 10.1 Å². The van der Waals surface area contributed by atoms with E-state index in [0.717, 1.165) is 11.6 Å². The van der Waals surface area contributed by atoms with E-state index in [2.05, 4.69) is 10.6 Å². The molecule has 3 atom stereocenters. The monoisotopic (exact) mass is 538 g/mol. The first-order valence-electron chi connectivity index (χ1n) is 13.2. The van der Waals surface area contributed by atoms with Crippen LogP contribution in [0.3, 0.4) is 0 Å². The van der Waals surface area contributed by atoms with Crippen molar-refractivity contribution >= 4 is 23.9 Å². The molecule has 9 heteroatoms. The average Bonchev–Trinajstić information content (AvgIpc) is 2.82. The van der Waals surface area contributed by atoms with Crippen LogP contribution in [0, 0.1) is 11.7 Å². The van der Waals surface area contributed by atoms with Gasteiger partial charge in [-0.3, -0.25) is 19.8 Å². The number of carbonyl (C=O) groups excluding carboxylic acids is 3. The van der Waals surface area contributed by atoms with Gasteiger partial charge in [0.2, 0.25) is 11.9 Å². The summed E-state index contributed by atoms with van der Waals surface area (Å²) in [5.41, 5.74) is -0.0967. The van der Waals surface area contributed by atoms with Crippen LogP contribution in [-0.2, 0) is 9.53 Å². The molecule has 1 heterocycles. The van der Waals surface area contributed by atoms with Crippen molar-refractivity contribution in [3.05, 3.63) is 71.0 Å². The fraction of sp³-hybridized carbons (Fsp3) is 0.467. The number of aliphatic imine (C=N–C) groups is 1. The molecule has 2 N–H and O–H groups in total. The first-order chi connectivity index (χ1) is 18.1. The van der Waals surface area contributed by atoms with Gasteiger partial charge >= 0.3 is 6.09 Å². The van der Waals surface area contributed by atoms with Gasteiger partial charge in [0.25, 0.3) is 5.91 Å². The summed E-state index contributed by atoms with van der Waals surface area (Å²) in [4.78, 5) is 45.3. The van der Waals surface area contributed by atoms with Crippen molar-refractivity contribution in [2.45, 2.75) is 85.0 Å². The van der Waals surface area contributed by atoms with Crippen molar-refractivity contribution in [3.63, 3.8) is 0 Å². The zero-order valence-corrected chi connectivity index (χ0v) is 24.0. The highest BCUT2D eigenvalue weighted by Gasteiger charge is 2.42. The predicted molar refractivity (Wildman–Crippen MR) is 149 cm³/mol. The summed E-state index contributed by atoms with van der Waals surface area (Å²) in [5, 5.41) is 5.52. The molecule has 0 aromatic heterocycles. The third-order valence-electron chi connectivity index (χ3n) is 6.92. The highest BCUT2D eigenvalue weighted by molar-refractivity contribution is 6.05. The summed E-state index contributed by atoms with van der Waals surface area (Å²) in [6.07, 6.45) is -0.653. The van der Waals surface area contributed by atoms with Crippen LogP contribution >= 0.6 is 0 Å². The maximum Gasteiger partial charge on any atom is 0.414 e. The van der Waals surface area contributed by atoms with E-state index >= 15 is 0 Å². The molecule has 0 spiro atoms. The Morgan fingerprint density at radius 1 is 1.05 bits per heavy atom. The van der Waals surface area contributed by atoms with Gasteiger partial charge in [0.1, 0.15) is 11.4 Å². The van der Waals surface area contributed by atoms with Crippen LogP contribution in [0.15, 0.2) is 53.5 Å². The number of nitrogens with zero attached hydrogens (tertiary/aromatic N) is 2. The molecule has 2 aromatic carbocycles. The number of benzene rings is 2. The van der Waals surface area contributed by atoms with Crippen LogP contribution in [0.2, 0.25) is 0 Å². The van der Waals surface area contributed by atoms with Crippen LogP contribution in [0.1, 0.15) is 95.4 Å². The lowest BCUT2D eigenvalue weighted by Crippen LogP contribution is -2.56. The molecule has 3 rings (SSSR count). The Kier molecular flexibility index (Phi) is 8.83. The number of carbonyl (C=O) groups is 3. The number of rotatable bonds is 6. The Morgan fingerprint density at radius 2 is 1.69 bits per heavy atom. The Bertz CT molecular complexity index is 1260. The summed E-state index contributed by atoms with van der Waals surface area (Å²) in [7, 11) is 0. The molecule has 0 bridgehead atoms. The molecular formula is C30H39FN4O4. The van der Waals surface area contributed by atoms with E-state index in [-0.39, 0.29) is 35.8 Å². The van der Waals surface area contributed by atoms with Gasteiger partial charge in [-0.25, -0.2) is 14.2 Å². The maximum atomic E-state index is 14.8. The number of amides is 3. The second-order valence-electron chi connectivity index (χ2n) is 11.6. The number of guanidine groups is 1. The lowest BCUT2D eigenvalue weighted by Gasteiger charge is -2.41. The minimum absolute atomic E-state index is 0.00501. The molecule has 0 radical (unpaired) electrons. The normalized spacial score (nSPS) is 19.3. The Morgan fingerprint density at radius 3 is 2.28 bits per heavy atom. The predicted octanol–water partition coefficient (Wildman–Crippen LogP) is 5.91. The second-order valence-corrected chi connectivity index (χ2v) is 11.6. The summed E-state index contributed by atoms with van der Waals surface area (Å²) < 4.78 is 20.2.